The lowest BCUT2D eigenvalue weighted by atomic mass is 9.66. The summed E-state index contributed by atoms with van der Waals surface area (Å²) in [5, 5.41) is 10.3. The molecule has 1 saturated heterocycles. The van der Waals surface area contributed by atoms with E-state index in [9.17, 15) is 9.90 Å². The number of nitrogens with zero attached hydrogens (tertiary/aromatic N) is 1. The highest BCUT2D eigenvalue weighted by Gasteiger charge is 2.58. The van der Waals surface area contributed by atoms with Crippen LogP contribution in [-0.2, 0) is 16.8 Å². The molecule has 1 aromatic carbocycles. The van der Waals surface area contributed by atoms with E-state index in [-0.39, 0.29) is 24.3 Å². The summed E-state index contributed by atoms with van der Waals surface area (Å²) in [7, 11) is 0. The average molecular weight is 301 g/mol. The molecule has 0 radical (unpaired) electrons. The van der Waals surface area contributed by atoms with Gasteiger partial charge in [-0.25, -0.2) is 0 Å². The Morgan fingerprint density at radius 1 is 1.23 bits per heavy atom. The minimum absolute atomic E-state index is 0.238. The molecule has 5 rings (SSSR count). The van der Waals surface area contributed by atoms with Crippen LogP contribution in [0, 0.1) is 5.92 Å². The van der Waals surface area contributed by atoms with Crippen molar-refractivity contribution in [1.29, 1.82) is 0 Å². The van der Waals surface area contributed by atoms with Gasteiger partial charge in [-0.1, -0.05) is 0 Å². The first-order valence-electron chi connectivity index (χ1n) is 8.10. The van der Waals surface area contributed by atoms with E-state index in [0.29, 0.717) is 18.8 Å². The van der Waals surface area contributed by atoms with Crippen molar-refractivity contribution in [3.63, 3.8) is 0 Å². The van der Waals surface area contributed by atoms with Gasteiger partial charge in [0.25, 0.3) is 0 Å². The van der Waals surface area contributed by atoms with E-state index in [1.54, 1.807) is 0 Å². The zero-order valence-electron chi connectivity index (χ0n) is 12.4. The third kappa shape index (κ3) is 1.45. The topological polar surface area (TPSA) is 59.0 Å². The minimum atomic E-state index is -0.332. The molecule has 0 bridgehead atoms. The zero-order chi connectivity index (χ0) is 14.9. The Kier molecular flexibility index (Phi) is 2.41. The smallest absolute Gasteiger partial charge is 0.231 e. The van der Waals surface area contributed by atoms with E-state index in [2.05, 4.69) is 12.1 Å². The van der Waals surface area contributed by atoms with Gasteiger partial charge in [0, 0.05) is 19.4 Å². The SMILES string of the molecule is O=C1C[C@@H]2CC[C@@H](O)C[C@@]23c2cc4c(cc2CCN13)OCO4. The highest BCUT2D eigenvalue weighted by molar-refractivity contribution is 5.82. The second-order valence-electron chi connectivity index (χ2n) is 6.92. The van der Waals surface area contributed by atoms with Crippen LogP contribution >= 0.6 is 0 Å². The van der Waals surface area contributed by atoms with Crippen molar-refractivity contribution < 1.29 is 19.4 Å². The quantitative estimate of drug-likeness (QED) is 0.790. The van der Waals surface area contributed by atoms with Gasteiger partial charge < -0.3 is 19.5 Å². The molecule has 2 fully saturated rings. The van der Waals surface area contributed by atoms with Gasteiger partial charge in [0.2, 0.25) is 12.7 Å². The first-order valence-corrected chi connectivity index (χ1v) is 8.10. The molecule has 1 saturated carbocycles. The van der Waals surface area contributed by atoms with Gasteiger partial charge in [0.05, 0.1) is 11.6 Å². The molecule has 3 atom stereocenters. The number of aliphatic hydroxyl groups is 1. The van der Waals surface area contributed by atoms with Crippen LogP contribution in [0.5, 0.6) is 11.5 Å². The van der Waals surface area contributed by atoms with Gasteiger partial charge in [0.1, 0.15) is 0 Å². The maximum Gasteiger partial charge on any atom is 0.231 e. The normalized spacial score (nSPS) is 35.1. The highest BCUT2D eigenvalue weighted by Crippen LogP contribution is 2.56. The number of fused-ring (bicyclic) bond motifs is 2. The first-order chi connectivity index (χ1) is 10.7. The summed E-state index contributed by atoms with van der Waals surface area (Å²) < 4.78 is 11.1. The lowest BCUT2D eigenvalue weighted by molar-refractivity contribution is -0.133. The molecule has 5 heteroatoms. The Bertz CT molecular complexity index is 673. The average Bonchev–Trinajstić information content (AvgIpc) is 3.06. The molecule has 3 heterocycles. The van der Waals surface area contributed by atoms with Crippen molar-refractivity contribution in [2.24, 2.45) is 5.92 Å². The number of hydrogen-bond donors (Lipinski definition) is 1. The fraction of sp³-hybridized carbons (Fsp3) is 0.588. The van der Waals surface area contributed by atoms with Gasteiger partial charge in [-0.3, -0.25) is 4.79 Å². The van der Waals surface area contributed by atoms with Crippen LogP contribution in [0.3, 0.4) is 0 Å². The van der Waals surface area contributed by atoms with Gasteiger partial charge in [-0.2, -0.15) is 0 Å². The second-order valence-corrected chi connectivity index (χ2v) is 6.92. The fourth-order valence-corrected chi connectivity index (χ4v) is 5.03. The lowest BCUT2D eigenvalue weighted by Crippen LogP contribution is -2.54. The summed E-state index contributed by atoms with van der Waals surface area (Å²) in [5.41, 5.74) is 2.09. The Balaban J connectivity index is 1.73. The van der Waals surface area contributed by atoms with Gasteiger partial charge >= 0.3 is 0 Å². The number of benzene rings is 1. The number of aliphatic hydroxyl groups excluding tert-OH is 1. The molecular formula is C17H19NO4. The van der Waals surface area contributed by atoms with Crippen molar-refractivity contribution in [3.8, 4) is 11.5 Å². The molecule has 1 N–H and O–H groups in total. The maximum atomic E-state index is 12.5. The predicted octanol–water partition coefficient (Wildman–Crippen LogP) is 1.56. The van der Waals surface area contributed by atoms with Crippen molar-refractivity contribution in [1.82, 2.24) is 4.90 Å². The molecule has 0 unspecified atom stereocenters. The Morgan fingerprint density at radius 3 is 2.91 bits per heavy atom. The van der Waals surface area contributed by atoms with Crippen LogP contribution < -0.4 is 9.47 Å². The van der Waals surface area contributed by atoms with Crippen LogP contribution in [-0.4, -0.2) is 35.4 Å². The van der Waals surface area contributed by atoms with Crippen molar-refractivity contribution in [2.45, 2.75) is 43.7 Å². The van der Waals surface area contributed by atoms with E-state index in [1.807, 2.05) is 4.90 Å². The minimum Gasteiger partial charge on any atom is -0.454 e. The van der Waals surface area contributed by atoms with Gasteiger partial charge in [-0.05, 0) is 48.4 Å². The summed E-state index contributed by atoms with van der Waals surface area (Å²) in [6, 6.07) is 4.14. The third-order valence-electron chi connectivity index (χ3n) is 5.94. The van der Waals surface area contributed by atoms with E-state index in [4.69, 9.17) is 9.47 Å². The predicted molar refractivity (Wildman–Crippen MR) is 77.6 cm³/mol. The van der Waals surface area contributed by atoms with Crippen LogP contribution in [0.4, 0.5) is 0 Å². The van der Waals surface area contributed by atoms with Crippen molar-refractivity contribution in [3.05, 3.63) is 23.3 Å². The van der Waals surface area contributed by atoms with Crippen LogP contribution in [0.1, 0.15) is 36.8 Å². The lowest BCUT2D eigenvalue weighted by Gasteiger charge is -2.50. The number of hydrogen-bond acceptors (Lipinski definition) is 4. The molecular weight excluding hydrogens is 282 g/mol. The van der Waals surface area contributed by atoms with E-state index < -0.39 is 0 Å². The van der Waals surface area contributed by atoms with E-state index in [0.717, 1.165) is 37.3 Å². The van der Waals surface area contributed by atoms with Gasteiger partial charge in [-0.15, -0.1) is 0 Å². The molecule has 5 nitrogen and oxygen atoms in total. The maximum absolute atomic E-state index is 12.5. The number of rotatable bonds is 0. The molecule has 1 amide bonds. The molecule has 3 aliphatic heterocycles. The van der Waals surface area contributed by atoms with Crippen molar-refractivity contribution in [2.75, 3.05) is 13.3 Å². The monoisotopic (exact) mass is 301 g/mol. The fourth-order valence-electron chi connectivity index (χ4n) is 5.03. The molecule has 116 valence electrons. The molecule has 1 aromatic rings. The second kappa shape index (κ2) is 4.16. The summed E-state index contributed by atoms with van der Waals surface area (Å²) in [6.45, 7) is 1.01. The number of ether oxygens (including phenoxy) is 2. The largest absolute Gasteiger partial charge is 0.454 e. The Labute approximate surface area is 128 Å². The number of carbonyl (C=O) groups excluding carboxylic acids is 1. The molecule has 1 spiro atoms. The van der Waals surface area contributed by atoms with Gasteiger partial charge in [0.15, 0.2) is 11.5 Å². The molecule has 1 aliphatic carbocycles. The van der Waals surface area contributed by atoms with E-state index in [1.165, 1.54) is 11.1 Å². The van der Waals surface area contributed by atoms with E-state index >= 15 is 0 Å². The molecule has 4 aliphatic rings. The Hall–Kier alpha value is -1.75. The number of amides is 1. The van der Waals surface area contributed by atoms with Crippen LogP contribution in [0.2, 0.25) is 0 Å². The highest BCUT2D eigenvalue weighted by atomic mass is 16.7. The first kappa shape index (κ1) is 12.8. The summed E-state index contributed by atoms with van der Waals surface area (Å²) >= 11 is 0. The molecule has 22 heavy (non-hydrogen) atoms. The summed E-state index contributed by atoms with van der Waals surface area (Å²) in [6.07, 6.45) is 3.49. The zero-order valence-corrected chi connectivity index (χ0v) is 12.4. The Morgan fingerprint density at radius 2 is 2.05 bits per heavy atom. The number of carbonyl (C=O) groups is 1. The van der Waals surface area contributed by atoms with Crippen molar-refractivity contribution >= 4 is 5.91 Å². The van der Waals surface area contributed by atoms with Crippen LogP contribution in [0.25, 0.3) is 0 Å². The standard InChI is InChI=1S/C17H19NO4/c19-12-2-1-11-6-16(20)18-4-3-10-5-14-15(22-9-21-14)7-13(10)17(11,18)8-12/h5,7,11-12,19H,1-4,6,8-9H2/t11-,12+,17-/m0/s1. The third-order valence-corrected chi connectivity index (χ3v) is 5.94. The molecule has 0 aromatic heterocycles. The summed E-state index contributed by atoms with van der Waals surface area (Å²) in [5.74, 6) is 2.12. The van der Waals surface area contributed by atoms with Crippen LogP contribution in [0.15, 0.2) is 12.1 Å². The summed E-state index contributed by atoms with van der Waals surface area (Å²) in [4.78, 5) is 14.5.